The molecule has 0 radical (unpaired) electrons. The van der Waals surface area contributed by atoms with Crippen LogP contribution in [0.2, 0.25) is 0 Å². The fourth-order valence-electron chi connectivity index (χ4n) is 4.17. The average Bonchev–Trinajstić information content (AvgIpc) is 3.11. The van der Waals surface area contributed by atoms with Crippen LogP contribution in [0.15, 0.2) is 12.1 Å². The largest absolute Gasteiger partial charge is 0.368 e. The number of piperazine rings is 1. The van der Waals surface area contributed by atoms with E-state index in [0.717, 1.165) is 62.6 Å². The Hall–Kier alpha value is -2.11. The van der Waals surface area contributed by atoms with Crippen molar-refractivity contribution in [3.8, 4) is 0 Å². The van der Waals surface area contributed by atoms with Gasteiger partial charge in [-0.05, 0) is 37.8 Å². The predicted octanol–water partition coefficient (Wildman–Crippen LogP) is 2.77. The summed E-state index contributed by atoms with van der Waals surface area (Å²) in [5.74, 6) is 0.788. The van der Waals surface area contributed by atoms with Gasteiger partial charge in [0.1, 0.15) is 0 Å². The number of carbonyl (C=O) groups excluding carboxylic acids is 2. The van der Waals surface area contributed by atoms with Crippen LogP contribution in [0.3, 0.4) is 0 Å². The zero-order valence-electron chi connectivity index (χ0n) is 17.1. The molecule has 1 aromatic heterocycles. The molecular weight excluding hydrogens is 340 g/mol. The van der Waals surface area contributed by atoms with E-state index in [-0.39, 0.29) is 17.9 Å². The molecule has 1 atom stereocenters. The second kappa shape index (κ2) is 8.28. The van der Waals surface area contributed by atoms with Gasteiger partial charge in [0.2, 0.25) is 11.8 Å². The number of carbonyl (C=O) groups is 2. The number of aryl methyl sites for hydroxylation is 1. The minimum Gasteiger partial charge on any atom is -0.368 e. The molecule has 2 amide bonds. The molecule has 3 heterocycles. The van der Waals surface area contributed by atoms with Crippen LogP contribution in [0.25, 0.3) is 0 Å². The maximum Gasteiger partial charge on any atom is 0.222 e. The highest BCUT2D eigenvalue weighted by Crippen LogP contribution is 2.33. The summed E-state index contributed by atoms with van der Waals surface area (Å²) < 4.78 is 0. The van der Waals surface area contributed by atoms with E-state index in [1.165, 1.54) is 0 Å². The Labute approximate surface area is 162 Å². The summed E-state index contributed by atoms with van der Waals surface area (Å²) in [5.41, 5.74) is 3.14. The van der Waals surface area contributed by atoms with Gasteiger partial charge in [0.25, 0.3) is 0 Å². The van der Waals surface area contributed by atoms with E-state index >= 15 is 0 Å². The molecule has 148 valence electrons. The normalized spacial score (nSPS) is 20.5. The highest BCUT2D eigenvalue weighted by atomic mass is 16.2. The Balaban J connectivity index is 1.70. The fourth-order valence-corrected chi connectivity index (χ4v) is 4.17. The number of nitrogens with zero attached hydrogens (tertiary/aromatic N) is 4. The Kier molecular flexibility index (Phi) is 6.02. The van der Waals surface area contributed by atoms with E-state index in [2.05, 4.69) is 30.9 Å². The van der Waals surface area contributed by atoms with Gasteiger partial charge in [-0.3, -0.25) is 14.6 Å². The first kappa shape index (κ1) is 19.6. The molecule has 1 unspecified atom stereocenters. The molecule has 0 aliphatic carbocycles. The molecule has 6 nitrogen and oxygen atoms in total. The summed E-state index contributed by atoms with van der Waals surface area (Å²) in [5, 5.41) is 0. The molecule has 3 rings (SSSR count). The van der Waals surface area contributed by atoms with Crippen LogP contribution < -0.4 is 4.90 Å². The number of hydrogen-bond donors (Lipinski definition) is 0. The summed E-state index contributed by atoms with van der Waals surface area (Å²) in [4.78, 5) is 35.2. The Bertz CT molecular complexity index is 695. The van der Waals surface area contributed by atoms with Gasteiger partial charge < -0.3 is 14.7 Å². The van der Waals surface area contributed by atoms with Crippen molar-refractivity contribution in [3.05, 3.63) is 23.5 Å². The SMILES string of the molecule is CC(=O)N1CCCC1c1cc(N2CCN(C(=O)CC(C)C)CC2)cc(C)n1. The Morgan fingerprint density at radius 3 is 2.48 bits per heavy atom. The second-order valence-electron chi connectivity index (χ2n) is 8.23. The highest BCUT2D eigenvalue weighted by molar-refractivity contribution is 5.76. The van der Waals surface area contributed by atoms with E-state index in [1.807, 2.05) is 16.7 Å². The van der Waals surface area contributed by atoms with Crippen molar-refractivity contribution in [3.63, 3.8) is 0 Å². The van der Waals surface area contributed by atoms with Gasteiger partial charge in [-0.15, -0.1) is 0 Å². The van der Waals surface area contributed by atoms with Crippen molar-refractivity contribution in [1.82, 2.24) is 14.8 Å². The molecule has 0 saturated carbocycles. The topological polar surface area (TPSA) is 56.8 Å². The predicted molar refractivity (Wildman–Crippen MR) is 107 cm³/mol. The van der Waals surface area contributed by atoms with Crippen LogP contribution >= 0.6 is 0 Å². The molecule has 6 heteroatoms. The number of anilines is 1. The molecule has 0 N–H and O–H groups in total. The monoisotopic (exact) mass is 372 g/mol. The molecule has 2 aliphatic heterocycles. The van der Waals surface area contributed by atoms with Crippen LogP contribution in [0.4, 0.5) is 5.69 Å². The van der Waals surface area contributed by atoms with Gasteiger partial charge in [0.05, 0.1) is 11.7 Å². The third kappa shape index (κ3) is 4.60. The minimum absolute atomic E-state index is 0.0926. The molecule has 0 aromatic carbocycles. The zero-order valence-corrected chi connectivity index (χ0v) is 17.1. The van der Waals surface area contributed by atoms with Crippen LogP contribution in [0.5, 0.6) is 0 Å². The molecule has 0 spiro atoms. The van der Waals surface area contributed by atoms with E-state index in [1.54, 1.807) is 6.92 Å². The van der Waals surface area contributed by atoms with Crippen molar-refractivity contribution in [2.24, 2.45) is 5.92 Å². The summed E-state index contributed by atoms with van der Waals surface area (Å²) in [6, 6.07) is 4.35. The van der Waals surface area contributed by atoms with Gasteiger partial charge in [0.15, 0.2) is 0 Å². The molecular formula is C21H32N4O2. The summed E-state index contributed by atoms with van der Waals surface area (Å²) in [7, 11) is 0. The Morgan fingerprint density at radius 2 is 1.85 bits per heavy atom. The van der Waals surface area contributed by atoms with Gasteiger partial charge in [-0.25, -0.2) is 0 Å². The molecule has 0 bridgehead atoms. The lowest BCUT2D eigenvalue weighted by Crippen LogP contribution is -2.49. The van der Waals surface area contributed by atoms with Crippen molar-refractivity contribution in [2.75, 3.05) is 37.6 Å². The van der Waals surface area contributed by atoms with Gasteiger partial charge in [0, 0.05) is 57.4 Å². The van der Waals surface area contributed by atoms with Crippen molar-refractivity contribution >= 4 is 17.5 Å². The van der Waals surface area contributed by atoms with Crippen molar-refractivity contribution in [1.29, 1.82) is 0 Å². The first-order valence-electron chi connectivity index (χ1n) is 10.1. The van der Waals surface area contributed by atoms with Gasteiger partial charge >= 0.3 is 0 Å². The van der Waals surface area contributed by atoms with E-state index in [0.29, 0.717) is 12.3 Å². The molecule has 2 aliphatic rings. The zero-order chi connectivity index (χ0) is 19.6. The van der Waals surface area contributed by atoms with Crippen molar-refractivity contribution < 1.29 is 9.59 Å². The standard InChI is InChI=1S/C21H32N4O2/c1-15(2)12-21(27)24-10-8-23(9-11-24)18-13-16(3)22-19(14-18)20-6-5-7-25(20)17(4)26/h13-15,20H,5-12H2,1-4H3. The number of pyridine rings is 1. The smallest absolute Gasteiger partial charge is 0.222 e. The lowest BCUT2D eigenvalue weighted by Gasteiger charge is -2.37. The van der Waals surface area contributed by atoms with E-state index < -0.39 is 0 Å². The quantitative estimate of drug-likeness (QED) is 0.815. The van der Waals surface area contributed by atoms with Crippen molar-refractivity contribution in [2.45, 2.75) is 53.0 Å². The first-order chi connectivity index (χ1) is 12.8. The minimum atomic E-state index is 0.0926. The van der Waals surface area contributed by atoms with Crippen LogP contribution in [-0.2, 0) is 9.59 Å². The molecule has 1 aromatic rings. The van der Waals surface area contributed by atoms with Gasteiger partial charge in [-0.1, -0.05) is 13.8 Å². The average molecular weight is 373 g/mol. The Morgan fingerprint density at radius 1 is 1.15 bits per heavy atom. The lowest BCUT2D eigenvalue weighted by atomic mass is 10.1. The number of aromatic nitrogens is 1. The lowest BCUT2D eigenvalue weighted by molar-refractivity contribution is -0.132. The summed E-state index contributed by atoms with van der Waals surface area (Å²) in [6.45, 7) is 11.9. The van der Waals surface area contributed by atoms with E-state index in [9.17, 15) is 9.59 Å². The van der Waals surface area contributed by atoms with Crippen LogP contribution in [0.1, 0.15) is 57.5 Å². The number of hydrogen-bond acceptors (Lipinski definition) is 4. The maximum absolute atomic E-state index is 12.3. The molecule has 2 fully saturated rings. The first-order valence-corrected chi connectivity index (χ1v) is 10.1. The summed E-state index contributed by atoms with van der Waals surface area (Å²) in [6.07, 6.45) is 2.64. The molecule has 2 saturated heterocycles. The fraction of sp³-hybridized carbons (Fsp3) is 0.667. The van der Waals surface area contributed by atoms with E-state index in [4.69, 9.17) is 4.98 Å². The third-order valence-corrected chi connectivity index (χ3v) is 5.54. The van der Waals surface area contributed by atoms with Gasteiger partial charge in [-0.2, -0.15) is 0 Å². The number of likely N-dealkylation sites (tertiary alicyclic amines) is 1. The third-order valence-electron chi connectivity index (χ3n) is 5.54. The number of rotatable bonds is 4. The van der Waals surface area contributed by atoms with Crippen LogP contribution in [0, 0.1) is 12.8 Å². The highest BCUT2D eigenvalue weighted by Gasteiger charge is 2.30. The second-order valence-corrected chi connectivity index (χ2v) is 8.23. The molecule has 27 heavy (non-hydrogen) atoms. The summed E-state index contributed by atoms with van der Waals surface area (Å²) >= 11 is 0. The van der Waals surface area contributed by atoms with Crippen LogP contribution in [-0.4, -0.2) is 59.3 Å². The maximum atomic E-state index is 12.3. The number of amides is 2.